The quantitative estimate of drug-likeness (QED) is 0.687. The molecule has 136 valence electrons. The fourth-order valence-electron chi connectivity index (χ4n) is 3.42. The molecule has 2 atom stereocenters. The van der Waals surface area contributed by atoms with Crippen molar-refractivity contribution in [3.8, 4) is 0 Å². The summed E-state index contributed by atoms with van der Waals surface area (Å²) in [5, 5.41) is 6.77. The second-order valence-electron chi connectivity index (χ2n) is 6.43. The number of amides is 2. The molecular weight excluding hydrogens is 342 g/mol. The van der Waals surface area contributed by atoms with Gasteiger partial charge in [-0.3, -0.25) is 9.59 Å². The van der Waals surface area contributed by atoms with Crippen molar-refractivity contribution >= 4 is 29.1 Å². The molecule has 3 rings (SSSR count). The number of piperazine rings is 1. The zero-order valence-electron chi connectivity index (χ0n) is 14.1. The first-order chi connectivity index (χ1) is 12.1. The summed E-state index contributed by atoms with van der Waals surface area (Å²) in [6.07, 6.45) is 0.606. The van der Waals surface area contributed by atoms with Crippen molar-refractivity contribution < 1.29 is 9.59 Å². The number of nitrogens with one attached hydrogen (secondary N) is 2. The summed E-state index contributed by atoms with van der Waals surface area (Å²) in [7, 11) is 0. The molecule has 2 aliphatic heterocycles. The molecule has 1 aromatic rings. The van der Waals surface area contributed by atoms with Crippen molar-refractivity contribution in [3.63, 3.8) is 0 Å². The number of carbonyl (C=O) groups is 2. The molecular formula is C17H24ClN5O2. The van der Waals surface area contributed by atoms with E-state index in [9.17, 15) is 9.59 Å². The summed E-state index contributed by atoms with van der Waals surface area (Å²) >= 11 is 6.25. The van der Waals surface area contributed by atoms with Gasteiger partial charge in [-0.1, -0.05) is 23.7 Å². The minimum atomic E-state index is -0.241. The van der Waals surface area contributed by atoms with Crippen LogP contribution in [-0.4, -0.2) is 68.1 Å². The van der Waals surface area contributed by atoms with Crippen molar-refractivity contribution in [2.45, 2.75) is 18.5 Å². The van der Waals surface area contributed by atoms with Crippen LogP contribution in [0.1, 0.15) is 6.42 Å². The van der Waals surface area contributed by atoms with Gasteiger partial charge in [0, 0.05) is 38.8 Å². The molecule has 0 saturated carbocycles. The first-order valence-corrected chi connectivity index (χ1v) is 8.97. The SMILES string of the molecule is NCC(=O)NC1CN[C@@H](C(=O)N2CCN(c3ccccc3Cl)CC2)C1. The standard InChI is InChI=1S/C17H24ClN5O2/c18-13-3-1-2-4-15(13)22-5-7-23(8-6-22)17(25)14-9-12(11-20-14)21-16(24)10-19/h1-4,12,14,20H,5-11,19H2,(H,21,24)/t12?,14-/m1/s1. The van der Waals surface area contributed by atoms with Crippen LogP contribution >= 0.6 is 11.6 Å². The number of nitrogens with zero attached hydrogens (tertiary/aromatic N) is 2. The van der Waals surface area contributed by atoms with Crippen LogP contribution in [0.4, 0.5) is 5.69 Å². The zero-order valence-corrected chi connectivity index (χ0v) is 14.8. The molecule has 1 aromatic carbocycles. The average Bonchev–Trinajstić information content (AvgIpc) is 3.10. The van der Waals surface area contributed by atoms with Gasteiger partial charge >= 0.3 is 0 Å². The Morgan fingerprint density at radius 3 is 2.64 bits per heavy atom. The fraction of sp³-hybridized carbons (Fsp3) is 0.529. The molecule has 1 unspecified atom stereocenters. The third kappa shape index (κ3) is 4.23. The van der Waals surface area contributed by atoms with E-state index in [4.69, 9.17) is 17.3 Å². The molecule has 4 N–H and O–H groups in total. The van der Waals surface area contributed by atoms with Gasteiger partial charge in [-0.05, 0) is 18.6 Å². The van der Waals surface area contributed by atoms with Crippen molar-refractivity contribution in [1.82, 2.24) is 15.5 Å². The first kappa shape index (κ1) is 18.0. The summed E-state index contributed by atoms with van der Waals surface area (Å²) in [6, 6.07) is 7.49. The van der Waals surface area contributed by atoms with Crippen LogP contribution in [-0.2, 0) is 9.59 Å². The maximum Gasteiger partial charge on any atom is 0.239 e. The smallest absolute Gasteiger partial charge is 0.239 e. The fourth-order valence-corrected chi connectivity index (χ4v) is 3.67. The summed E-state index contributed by atoms with van der Waals surface area (Å²) in [5.74, 6) is -0.0865. The third-order valence-electron chi connectivity index (χ3n) is 4.76. The number of anilines is 1. The largest absolute Gasteiger partial charge is 0.367 e. The van der Waals surface area contributed by atoms with Crippen molar-refractivity contribution in [3.05, 3.63) is 29.3 Å². The highest BCUT2D eigenvalue weighted by molar-refractivity contribution is 6.33. The predicted octanol–water partition coefficient (Wildman–Crippen LogP) is -0.206. The average molecular weight is 366 g/mol. The number of para-hydroxylation sites is 1. The summed E-state index contributed by atoms with van der Waals surface area (Å²) in [6.45, 7) is 3.43. The molecule has 2 saturated heterocycles. The van der Waals surface area contributed by atoms with Gasteiger partial charge < -0.3 is 26.2 Å². The second-order valence-corrected chi connectivity index (χ2v) is 6.84. The van der Waals surface area contributed by atoms with Crippen molar-refractivity contribution in [2.24, 2.45) is 5.73 Å². The van der Waals surface area contributed by atoms with Crippen molar-refractivity contribution in [2.75, 3.05) is 44.2 Å². The number of hydrogen-bond acceptors (Lipinski definition) is 5. The Kier molecular flexibility index (Phi) is 5.78. The molecule has 0 spiro atoms. The van der Waals surface area contributed by atoms with Crippen LogP contribution in [0.2, 0.25) is 5.02 Å². The molecule has 2 amide bonds. The van der Waals surface area contributed by atoms with Crippen molar-refractivity contribution in [1.29, 1.82) is 0 Å². The molecule has 2 aliphatic rings. The Hall–Kier alpha value is -1.83. The highest BCUT2D eigenvalue weighted by atomic mass is 35.5. The third-order valence-corrected chi connectivity index (χ3v) is 5.08. The molecule has 8 heteroatoms. The molecule has 0 radical (unpaired) electrons. The minimum absolute atomic E-state index is 0.0287. The highest BCUT2D eigenvalue weighted by Gasteiger charge is 2.34. The Labute approximate surface area is 152 Å². The van der Waals surface area contributed by atoms with Crippen LogP contribution in [0, 0.1) is 0 Å². The Bertz CT molecular complexity index is 633. The van der Waals surface area contributed by atoms with E-state index < -0.39 is 0 Å². The molecule has 0 aromatic heterocycles. The maximum absolute atomic E-state index is 12.7. The van der Waals surface area contributed by atoms with E-state index in [1.54, 1.807) is 0 Å². The van der Waals surface area contributed by atoms with E-state index in [0.29, 0.717) is 26.1 Å². The van der Waals surface area contributed by atoms with Gasteiger partial charge in [-0.25, -0.2) is 0 Å². The molecule has 2 fully saturated rings. The summed E-state index contributed by atoms with van der Waals surface area (Å²) in [5.41, 5.74) is 6.33. The Morgan fingerprint density at radius 2 is 1.96 bits per heavy atom. The van der Waals surface area contributed by atoms with E-state index in [-0.39, 0.29) is 30.4 Å². The number of carbonyl (C=O) groups excluding carboxylic acids is 2. The van der Waals surface area contributed by atoms with Crippen LogP contribution in [0.25, 0.3) is 0 Å². The second kappa shape index (κ2) is 8.03. The first-order valence-electron chi connectivity index (χ1n) is 8.59. The normalized spacial score (nSPS) is 23.6. The number of halogens is 1. The van der Waals surface area contributed by atoms with E-state index in [2.05, 4.69) is 15.5 Å². The highest BCUT2D eigenvalue weighted by Crippen LogP contribution is 2.26. The molecule has 7 nitrogen and oxygen atoms in total. The minimum Gasteiger partial charge on any atom is -0.367 e. The van der Waals surface area contributed by atoms with Crippen LogP contribution in [0.5, 0.6) is 0 Å². The molecule has 25 heavy (non-hydrogen) atoms. The lowest BCUT2D eigenvalue weighted by Crippen LogP contribution is -2.53. The number of hydrogen-bond donors (Lipinski definition) is 3. The maximum atomic E-state index is 12.7. The predicted molar refractivity (Wildman–Crippen MR) is 97.6 cm³/mol. The van der Waals surface area contributed by atoms with Gasteiger partial charge in [-0.2, -0.15) is 0 Å². The molecule has 0 bridgehead atoms. The lowest BCUT2D eigenvalue weighted by atomic mass is 10.1. The van der Waals surface area contributed by atoms with Gasteiger partial charge in [0.2, 0.25) is 11.8 Å². The Balaban J connectivity index is 1.51. The van der Waals surface area contributed by atoms with Gasteiger partial charge in [-0.15, -0.1) is 0 Å². The Morgan fingerprint density at radius 1 is 1.24 bits per heavy atom. The lowest BCUT2D eigenvalue weighted by Gasteiger charge is -2.37. The number of benzene rings is 1. The zero-order chi connectivity index (χ0) is 17.8. The van der Waals surface area contributed by atoms with Crippen LogP contribution in [0.15, 0.2) is 24.3 Å². The van der Waals surface area contributed by atoms with E-state index in [0.717, 1.165) is 23.8 Å². The van der Waals surface area contributed by atoms with Gasteiger partial charge in [0.25, 0.3) is 0 Å². The molecule has 0 aliphatic carbocycles. The monoisotopic (exact) mass is 365 g/mol. The van der Waals surface area contributed by atoms with Gasteiger partial charge in [0.05, 0.1) is 23.3 Å². The van der Waals surface area contributed by atoms with E-state index in [1.807, 2.05) is 29.2 Å². The number of nitrogens with two attached hydrogens (primary N) is 1. The van der Waals surface area contributed by atoms with E-state index >= 15 is 0 Å². The topological polar surface area (TPSA) is 90.7 Å². The lowest BCUT2D eigenvalue weighted by molar-refractivity contribution is -0.133. The number of rotatable bonds is 4. The van der Waals surface area contributed by atoms with Gasteiger partial charge in [0.15, 0.2) is 0 Å². The van der Waals surface area contributed by atoms with E-state index in [1.165, 1.54) is 0 Å². The molecule has 2 heterocycles. The van der Waals surface area contributed by atoms with Gasteiger partial charge in [0.1, 0.15) is 0 Å². The summed E-state index contributed by atoms with van der Waals surface area (Å²) < 4.78 is 0. The summed E-state index contributed by atoms with van der Waals surface area (Å²) in [4.78, 5) is 28.2. The van der Waals surface area contributed by atoms with Crippen LogP contribution < -0.4 is 21.3 Å². The van der Waals surface area contributed by atoms with Crippen LogP contribution in [0.3, 0.4) is 0 Å².